The van der Waals surface area contributed by atoms with E-state index < -0.39 is 5.60 Å². The van der Waals surface area contributed by atoms with Crippen LogP contribution in [-0.4, -0.2) is 171 Å². The zero-order valence-electron chi connectivity index (χ0n) is 34.2. The van der Waals surface area contributed by atoms with Crippen molar-refractivity contribution in [3.63, 3.8) is 0 Å². The van der Waals surface area contributed by atoms with E-state index in [1.165, 1.54) is 0 Å². The number of aliphatic hydroxyl groups excluding tert-OH is 1. The van der Waals surface area contributed by atoms with Crippen LogP contribution in [0.15, 0.2) is 0 Å². The molecule has 6 rings (SSSR count). The maximum Gasteiger partial charge on any atom is 0.410 e. The van der Waals surface area contributed by atoms with E-state index in [0.717, 1.165) is 11.6 Å². The third-order valence-electron chi connectivity index (χ3n) is 9.56. The highest BCUT2D eigenvalue weighted by atomic mass is 35.5. The third kappa shape index (κ3) is 11.2. The normalized spacial score (nSPS) is 16.9. The van der Waals surface area contributed by atoms with Crippen molar-refractivity contribution in [2.24, 2.45) is 0 Å². The van der Waals surface area contributed by atoms with Gasteiger partial charge in [0.05, 0.1) is 19.8 Å². The van der Waals surface area contributed by atoms with Crippen molar-refractivity contribution < 1.29 is 19.4 Å². The second kappa shape index (κ2) is 18.7. The van der Waals surface area contributed by atoms with Crippen molar-refractivity contribution in [3.8, 4) is 0 Å². The van der Waals surface area contributed by atoms with Gasteiger partial charge in [0.25, 0.3) is 0 Å². The van der Waals surface area contributed by atoms with Crippen LogP contribution in [0.5, 0.6) is 0 Å². The number of nitrogens with zero attached hydrogens (tertiary/aromatic N) is 15. The number of rotatable bonds is 13. The molecule has 0 radical (unpaired) electrons. The van der Waals surface area contributed by atoms with Gasteiger partial charge < -0.3 is 49.3 Å². The summed E-state index contributed by atoms with van der Waals surface area (Å²) in [6.45, 7) is 22.3. The average molecular weight is 813 g/mol. The molecular formula is C36H57ClN16O4. The molecule has 3 fully saturated rings. The monoisotopic (exact) mass is 812 g/mol. The number of piperazine rings is 3. The van der Waals surface area contributed by atoms with Crippen molar-refractivity contribution in [1.29, 1.82) is 0 Å². The number of aliphatic hydroxyl groups is 1. The minimum Gasteiger partial charge on any atom is -0.444 e. The number of hydrogen-bond donors (Lipinski definition) is 2. The van der Waals surface area contributed by atoms with Crippen molar-refractivity contribution in [1.82, 2.24) is 49.8 Å². The second-order valence-electron chi connectivity index (χ2n) is 15.8. The molecule has 0 saturated carbocycles. The molecule has 0 bridgehead atoms. The van der Waals surface area contributed by atoms with Gasteiger partial charge in [0.1, 0.15) is 17.2 Å². The molecule has 0 unspecified atom stereocenters. The molecule has 3 aliphatic heterocycles. The molecular weight excluding hydrogens is 756 g/mol. The first-order valence-electron chi connectivity index (χ1n) is 19.8. The Morgan fingerprint density at radius 3 is 1.44 bits per heavy atom. The number of nitrogens with one attached hydrogen (secondary N) is 1. The van der Waals surface area contributed by atoms with Gasteiger partial charge in [0, 0.05) is 96.9 Å². The fourth-order valence-corrected chi connectivity index (χ4v) is 6.56. The van der Waals surface area contributed by atoms with Gasteiger partial charge in [-0.15, -0.1) is 0 Å². The van der Waals surface area contributed by atoms with Crippen LogP contribution in [0.3, 0.4) is 0 Å². The first-order chi connectivity index (χ1) is 27.3. The Kier molecular flexibility index (Phi) is 13.8. The van der Waals surface area contributed by atoms with Gasteiger partial charge in [0.15, 0.2) is 0 Å². The maximum absolute atomic E-state index is 12.6. The number of ether oxygens (including phenoxy) is 2. The lowest BCUT2D eigenvalue weighted by atomic mass is 10.2. The molecule has 6 heterocycles. The number of anilines is 6. The number of aromatic nitrogens is 9. The summed E-state index contributed by atoms with van der Waals surface area (Å²) in [6, 6.07) is 0. The van der Waals surface area contributed by atoms with Crippen LogP contribution in [0.4, 0.5) is 40.5 Å². The van der Waals surface area contributed by atoms with Gasteiger partial charge in [-0.25, -0.2) is 9.78 Å². The SMILES string of the molecule is CC(C)c1nc(C(C)C)nc(N2CCN(c3nc(NCCOCCO)nc(N4CCN(c5nc(Cl)nc(N6CCN(C(=O)OC(C)(C)C)CC6)n5)CC4)n3)CC2)n1. The summed E-state index contributed by atoms with van der Waals surface area (Å²) in [5.41, 5.74) is -0.556. The summed E-state index contributed by atoms with van der Waals surface area (Å²) in [5, 5.41) is 12.5. The van der Waals surface area contributed by atoms with Gasteiger partial charge in [-0.2, -0.15) is 39.9 Å². The van der Waals surface area contributed by atoms with Crippen molar-refractivity contribution >= 4 is 53.4 Å². The molecule has 3 aromatic heterocycles. The molecule has 0 spiro atoms. The van der Waals surface area contributed by atoms with Crippen molar-refractivity contribution in [3.05, 3.63) is 16.9 Å². The van der Waals surface area contributed by atoms with Gasteiger partial charge in [-0.1, -0.05) is 27.7 Å². The smallest absolute Gasteiger partial charge is 0.410 e. The Morgan fingerprint density at radius 2 is 1.04 bits per heavy atom. The molecule has 0 aromatic carbocycles. The molecule has 0 atom stereocenters. The van der Waals surface area contributed by atoms with E-state index in [0.29, 0.717) is 127 Å². The summed E-state index contributed by atoms with van der Waals surface area (Å²) >= 11 is 6.44. The quantitative estimate of drug-likeness (QED) is 0.238. The van der Waals surface area contributed by atoms with Crippen LogP contribution < -0.4 is 29.8 Å². The van der Waals surface area contributed by atoms with Gasteiger partial charge in [-0.05, 0) is 32.4 Å². The number of hydrogen-bond acceptors (Lipinski definition) is 19. The molecule has 312 valence electrons. The Morgan fingerprint density at radius 1 is 0.632 bits per heavy atom. The Hall–Kier alpha value is -4.69. The lowest BCUT2D eigenvalue weighted by molar-refractivity contribution is 0.0240. The first-order valence-corrected chi connectivity index (χ1v) is 20.2. The average Bonchev–Trinajstić information content (AvgIpc) is 3.19. The number of carbonyl (C=O) groups is 1. The van der Waals surface area contributed by atoms with Crippen molar-refractivity contribution in [2.45, 2.75) is 65.9 Å². The first kappa shape index (κ1) is 41.9. The summed E-state index contributed by atoms with van der Waals surface area (Å²) in [5.74, 6) is 5.31. The predicted molar refractivity (Wildman–Crippen MR) is 218 cm³/mol. The van der Waals surface area contributed by atoms with E-state index in [1.807, 2.05) is 25.7 Å². The molecule has 3 aliphatic rings. The van der Waals surface area contributed by atoms with Crippen LogP contribution in [0.25, 0.3) is 0 Å². The summed E-state index contributed by atoms with van der Waals surface area (Å²) in [4.78, 5) is 67.5. The summed E-state index contributed by atoms with van der Waals surface area (Å²) in [7, 11) is 0. The molecule has 1 amide bonds. The van der Waals surface area contributed by atoms with Crippen LogP contribution in [0.2, 0.25) is 5.28 Å². The molecule has 3 aromatic rings. The van der Waals surface area contributed by atoms with Gasteiger partial charge >= 0.3 is 6.09 Å². The highest BCUT2D eigenvalue weighted by molar-refractivity contribution is 6.28. The standard InChI is InChI=1S/C36H57ClN16O4/c1-24(2)26-39-27(25(3)4)41-30(40-26)48-9-13-51(14-10-48)33-44-29(38-8-22-56-23-21-54)45-34(47-33)52-15-11-49(12-16-52)31-42-28(37)43-32(46-31)50-17-19-53(20-18-50)35(55)57-36(5,6)7/h24-25,54H,8-23H2,1-7H3,(H,38,44,45,47). The minimum atomic E-state index is -0.556. The number of carbonyl (C=O) groups excluding carboxylic acids is 1. The van der Waals surface area contributed by atoms with Gasteiger partial charge in [0.2, 0.25) is 41.0 Å². The largest absolute Gasteiger partial charge is 0.444 e. The van der Waals surface area contributed by atoms with Crippen LogP contribution >= 0.6 is 11.6 Å². The highest BCUT2D eigenvalue weighted by Crippen LogP contribution is 2.25. The Labute approximate surface area is 339 Å². The predicted octanol–water partition coefficient (Wildman–Crippen LogP) is 2.27. The topological polar surface area (TPSA) is 203 Å². The molecule has 0 aliphatic carbocycles. The van der Waals surface area contributed by atoms with E-state index >= 15 is 0 Å². The van der Waals surface area contributed by atoms with Gasteiger partial charge in [-0.3, -0.25) is 0 Å². The Balaban J connectivity index is 1.11. The van der Waals surface area contributed by atoms with Crippen LogP contribution in [0.1, 0.15) is 72.0 Å². The number of amides is 1. The third-order valence-corrected chi connectivity index (χ3v) is 9.73. The maximum atomic E-state index is 12.6. The van der Waals surface area contributed by atoms with E-state index in [4.69, 9.17) is 61.1 Å². The van der Waals surface area contributed by atoms with Crippen LogP contribution in [0, 0.1) is 0 Å². The molecule has 3 saturated heterocycles. The Bertz CT molecular complexity index is 1770. The van der Waals surface area contributed by atoms with Crippen molar-refractivity contribution in [2.75, 3.05) is 135 Å². The summed E-state index contributed by atoms with van der Waals surface area (Å²) in [6.07, 6.45) is -0.325. The molecule has 21 heteroatoms. The molecule has 2 N–H and O–H groups in total. The van der Waals surface area contributed by atoms with E-state index in [2.05, 4.69) is 62.6 Å². The fraction of sp³-hybridized carbons (Fsp3) is 0.722. The lowest BCUT2D eigenvalue weighted by Crippen LogP contribution is -2.51. The molecule has 57 heavy (non-hydrogen) atoms. The zero-order chi connectivity index (χ0) is 40.7. The number of halogens is 1. The fourth-order valence-electron chi connectivity index (χ4n) is 6.41. The highest BCUT2D eigenvalue weighted by Gasteiger charge is 2.30. The summed E-state index contributed by atoms with van der Waals surface area (Å²) < 4.78 is 11.0. The van der Waals surface area contributed by atoms with E-state index in [1.54, 1.807) is 4.90 Å². The lowest BCUT2D eigenvalue weighted by Gasteiger charge is -2.37. The minimum absolute atomic E-state index is 0.0367. The molecule has 20 nitrogen and oxygen atoms in total. The zero-order valence-corrected chi connectivity index (χ0v) is 35.0. The van der Waals surface area contributed by atoms with E-state index in [-0.39, 0.29) is 36.4 Å². The van der Waals surface area contributed by atoms with Crippen LogP contribution in [-0.2, 0) is 9.47 Å². The second-order valence-corrected chi connectivity index (χ2v) is 16.1. The van der Waals surface area contributed by atoms with E-state index in [9.17, 15) is 4.79 Å².